The summed E-state index contributed by atoms with van der Waals surface area (Å²) in [4.78, 5) is 29.1. The fourth-order valence-corrected chi connectivity index (χ4v) is 3.65. The molecule has 6 nitrogen and oxygen atoms in total. The summed E-state index contributed by atoms with van der Waals surface area (Å²) in [5, 5.41) is 5.53. The predicted molar refractivity (Wildman–Crippen MR) is 116 cm³/mol. The van der Waals surface area contributed by atoms with Gasteiger partial charge in [-0.05, 0) is 56.7 Å². The highest BCUT2D eigenvalue weighted by atomic mass is 19.1. The van der Waals surface area contributed by atoms with Gasteiger partial charge in [-0.15, -0.1) is 0 Å². The molecule has 3 rings (SSSR count). The van der Waals surface area contributed by atoms with Crippen LogP contribution in [0.1, 0.15) is 36.7 Å². The summed E-state index contributed by atoms with van der Waals surface area (Å²) in [6.07, 6.45) is 0. The highest BCUT2D eigenvalue weighted by molar-refractivity contribution is 5.97. The first kappa shape index (κ1) is 21.8. The number of piperazine rings is 1. The van der Waals surface area contributed by atoms with E-state index in [9.17, 15) is 14.0 Å². The largest absolute Gasteiger partial charge is 0.336 e. The fraction of sp³-hybridized carbons (Fsp3) is 0.391. The molecule has 2 N–H and O–H groups in total. The molecule has 0 radical (unpaired) electrons. The summed E-state index contributed by atoms with van der Waals surface area (Å²) >= 11 is 0. The van der Waals surface area contributed by atoms with Gasteiger partial charge in [-0.1, -0.05) is 18.2 Å². The van der Waals surface area contributed by atoms with Crippen molar-refractivity contribution in [3.05, 3.63) is 65.5 Å². The SMILES string of the molecule is CC(C)NC(=O)Nc1cccc(C(=O)N2CCN(Cc3ccc(F)cc3)C[C@@H]2C)c1. The highest BCUT2D eigenvalue weighted by Crippen LogP contribution is 2.18. The van der Waals surface area contributed by atoms with E-state index >= 15 is 0 Å². The van der Waals surface area contributed by atoms with E-state index in [0.717, 1.165) is 25.2 Å². The summed E-state index contributed by atoms with van der Waals surface area (Å²) in [5.74, 6) is -0.280. The summed E-state index contributed by atoms with van der Waals surface area (Å²) < 4.78 is 13.1. The van der Waals surface area contributed by atoms with E-state index in [1.807, 2.05) is 25.7 Å². The van der Waals surface area contributed by atoms with Gasteiger partial charge in [0.15, 0.2) is 0 Å². The minimum Gasteiger partial charge on any atom is -0.336 e. The number of nitrogens with one attached hydrogen (secondary N) is 2. The van der Waals surface area contributed by atoms with Crippen molar-refractivity contribution >= 4 is 17.6 Å². The van der Waals surface area contributed by atoms with Crippen LogP contribution in [0.25, 0.3) is 0 Å². The molecule has 1 heterocycles. The molecule has 2 aromatic rings. The number of carbonyl (C=O) groups is 2. The fourth-order valence-electron chi connectivity index (χ4n) is 3.65. The third kappa shape index (κ3) is 5.79. The molecule has 0 saturated carbocycles. The standard InChI is InChI=1S/C23H29FN4O2/c1-16(2)25-23(30)26-21-6-4-5-19(13-21)22(29)28-12-11-27(14-17(28)3)15-18-7-9-20(24)10-8-18/h4-10,13,16-17H,11-12,14-15H2,1-3H3,(H2,25,26,30)/t17-/m0/s1. The summed E-state index contributed by atoms with van der Waals surface area (Å²) in [6.45, 7) is 8.66. The Hall–Kier alpha value is -2.93. The van der Waals surface area contributed by atoms with Gasteiger partial charge < -0.3 is 15.5 Å². The first-order chi connectivity index (χ1) is 14.3. The van der Waals surface area contributed by atoms with Gasteiger partial charge in [-0.2, -0.15) is 0 Å². The first-order valence-electron chi connectivity index (χ1n) is 10.3. The van der Waals surface area contributed by atoms with Gasteiger partial charge in [0.25, 0.3) is 5.91 Å². The Labute approximate surface area is 177 Å². The van der Waals surface area contributed by atoms with Gasteiger partial charge in [0.1, 0.15) is 5.82 Å². The van der Waals surface area contributed by atoms with E-state index < -0.39 is 0 Å². The second-order valence-electron chi connectivity index (χ2n) is 8.04. The number of benzene rings is 2. The van der Waals surface area contributed by atoms with Gasteiger partial charge in [0.2, 0.25) is 0 Å². The predicted octanol–water partition coefficient (Wildman–Crippen LogP) is 3.70. The number of amides is 3. The van der Waals surface area contributed by atoms with Gasteiger partial charge in [-0.25, -0.2) is 9.18 Å². The van der Waals surface area contributed by atoms with Crippen molar-refractivity contribution in [3.63, 3.8) is 0 Å². The maximum absolute atomic E-state index is 13.1. The number of hydrogen-bond donors (Lipinski definition) is 2. The second kappa shape index (κ2) is 9.71. The molecule has 30 heavy (non-hydrogen) atoms. The van der Waals surface area contributed by atoms with Crippen LogP contribution in [0.15, 0.2) is 48.5 Å². The first-order valence-corrected chi connectivity index (χ1v) is 10.3. The quantitative estimate of drug-likeness (QED) is 0.787. The summed E-state index contributed by atoms with van der Waals surface area (Å²) in [6, 6.07) is 13.3. The molecular weight excluding hydrogens is 383 g/mol. The van der Waals surface area contributed by atoms with Crippen molar-refractivity contribution in [1.82, 2.24) is 15.1 Å². The molecule has 2 aromatic carbocycles. The molecule has 1 saturated heterocycles. The molecular formula is C23H29FN4O2. The van der Waals surface area contributed by atoms with E-state index in [-0.39, 0.29) is 29.8 Å². The van der Waals surface area contributed by atoms with E-state index in [2.05, 4.69) is 15.5 Å². The molecule has 0 aromatic heterocycles. The minimum absolute atomic E-state index is 0.0295. The third-order valence-electron chi connectivity index (χ3n) is 5.08. The maximum atomic E-state index is 13.1. The van der Waals surface area contributed by atoms with E-state index in [0.29, 0.717) is 17.8 Å². The Morgan fingerprint density at radius 1 is 1.13 bits per heavy atom. The van der Waals surface area contributed by atoms with Crippen LogP contribution in [-0.2, 0) is 6.54 Å². The Morgan fingerprint density at radius 3 is 2.53 bits per heavy atom. The highest BCUT2D eigenvalue weighted by Gasteiger charge is 2.28. The van der Waals surface area contributed by atoms with Crippen LogP contribution in [0.3, 0.4) is 0 Å². The Kier molecular flexibility index (Phi) is 7.05. The van der Waals surface area contributed by atoms with Crippen molar-refractivity contribution in [2.45, 2.75) is 39.4 Å². The van der Waals surface area contributed by atoms with Crippen LogP contribution in [0.5, 0.6) is 0 Å². The smallest absolute Gasteiger partial charge is 0.319 e. The normalized spacial score (nSPS) is 17.1. The topological polar surface area (TPSA) is 64.7 Å². The number of rotatable bonds is 5. The molecule has 1 aliphatic rings. The van der Waals surface area contributed by atoms with E-state index in [1.54, 1.807) is 36.4 Å². The molecule has 160 valence electrons. The van der Waals surface area contributed by atoms with Crippen molar-refractivity contribution < 1.29 is 14.0 Å². The zero-order chi connectivity index (χ0) is 21.7. The lowest BCUT2D eigenvalue weighted by Crippen LogP contribution is -2.53. The van der Waals surface area contributed by atoms with Crippen LogP contribution in [-0.4, -0.2) is 53.5 Å². The molecule has 0 spiro atoms. The van der Waals surface area contributed by atoms with Gasteiger partial charge in [0.05, 0.1) is 0 Å². The van der Waals surface area contributed by atoms with Crippen LogP contribution >= 0.6 is 0 Å². The Morgan fingerprint density at radius 2 is 1.87 bits per heavy atom. The van der Waals surface area contributed by atoms with Crippen LogP contribution in [0.4, 0.5) is 14.9 Å². The van der Waals surface area contributed by atoms with Gasteiger partial charge in [-0.3, -0.25) is 9.69 Å². The maximum Gasteiger partial charge on any atom is 0.319 e. The number of nitrogens with zero attached hydrogens (tertiary/aromatic N) is 2. The lowest BCUT2D eigenvalue weighted by Gasteiger charge is -2.40. The summed E-state index contributed by atoms with van der Waals surface area (Å²) in [5.41, 5.74) is 2.19. The average molecular weight is 413 g/mol. The Bertz CT molecular complexity index is 885. The number of hydrogen-bond acceptors (Lipinski definition) is 3. The summed E-state index contributed by atoms with van der Waals surface area (Å²) in [7, 11) is 0. The number of halogens is 1. The van der Waals surface area contributed by atoms with Gasteiger partial charge in [0, 0.05) is 49.5 Å². The van der Waals surface area contributed by atoms with Crippen molar-refractivity contribution in [3.8, 4) is 0 Å². The molecule has 1 atom stereocenters. The lowest BCUT2D eigenvalue weighted by atomic mass is 10.1. The number of urea groups is 1. The van der Waals surface area contributed by atoms with Crippen molar-refractivity contribution in [2.24, 2.45) is 0 Å². The molecule has 1 aliphatic heterocycles. The van der Waals surface area contributed by atoms with Gasteiger partial charge >= 0.3 is 6.03 Å². The molecule has 0 bridgehead atoms. The molecule has 0 aliphatic carbocycles. The van der Waals surface area contributed by atoms with Crippen LogP contribution in [0.2, 0.25) is 0 Å². The van der Waals surface area contributed by atoms with E-state index in [4.69, 9.17) is 0 Å². The van der Waals surface area contributed by atoms with E-state index in [1.165, 1.54) is 12.1 Å². The average Bonchev–Trinajstić information content (AvgIpc) is 2.69. The van der Waals surface area contributed by atoms with Crippen LogP contribution in [0, 0.1) is 5.82 Å². The second-order valence-corrected chi connectivity index (χ2v) is 8.04. The minimum atomic E-state index is -0.294. The molecule has 1 fully saturated rings. The monoisotopic (exact) mass is 412 g/mol. The zero-order valence-electron chi connectivity index (χ0n) is 17.7. The van der Waals surface area contributed by atoms with Crippen molar-refractivity contribution in [2.75, 3.05) is 25.0 Å². The Balaban J connectivity index is 1.60. The van der Waals surface area contributed by atoms with Crippen molar-refractivity contribution in [1.29, 1.82) is 0 Å². The molecule has 3 amide bonds. The number of anilines is 1. The third-order valence-corrected chi connectivity index (χ3v) is 5.08. The van der Waals surface area contributed by atoms with Crippen LogP contribution < -0.4 is 10.6 Å². The number of carbonyl (C=O) groups excluding carboxylic acids is 2. The lowest BCUT2D eigenvalue weighted by molar-refractivity contribution is 0.0475. The zero-order valence-corrected chi connectivity index (χ0v) is 17.7. The molecule has 7 heteroatoms. The molecule has 0 unspecified atom stereocenters.